The molecule has 2 aromatic rings. The molecule has 3 nitrogen and oxygen atoms in total. The predicted molar refractivity (Wildman–Crippen MR) is 111 cm³/mol. The molecule has 0 bridgehead atoms. The standard InChI is InChI=1S/C17H22O2S2.C3H6O/c1-3-13-7-8-14-15(11-13)19-17(18)12-16(14)21-10-6-4-5-9-20-2;1-2-3-4/h7-8,11-12H,3-6,9-10H2,1-2H3;3H,2H2,1H3. The lowest BCUT2D eigenvalue weighted by Crippen LogP contribution is -1.98. The lowest BCUT2D eigenvalue weighted by Gasteiger charge is -2.06. The zero-order chi connectivity index (χ0) is 18.5. The molecule has 5 heteroatoms. The Morgan fingerprint density at radius 3 is 2.44 bits per heavy atom. The van der Waals surface area contributed by atoms with Crippen molar-refractivity contribution in [1.82, 2.24) is 0 Å². The lowest BCUT2D eigenvalue weighted by atomic mass is 10.1. The molecule has 0 aliphatic rings. The fourth-order valence-corrected chi connectivity index (χ4v) is 3.79. The first-order valence-corrected chi connectivity index (χ1v) is 11.2. The van der Waals surface area contributed by atoms with Crippen LogP contribution in [0, 0.1) is 0 Å². The van der Waals surface area contributed by atoms with E-state index < -0.39 is 0 Å². The van der Waals surface area contributed by atoms with Gasteiger partial charge in [-0.1, -0.05) is 26.3 Å². The molecule has 138 valence electrons. The van der Waals surface area contributed by atoms with Crippen molar-refractivity contribution < 1.29 is 9.21 Å². The lowest BCUT2D eigenvalue weighted by molar-refractivity contribution is -0.107. The molecule has 0 N–H and O–H groups in total. The predicted octanol–water partition coefficient (Wildman–Crippen LogP) is 5.58. The third-order valence-electron chi connectivity index (χ3n) is 3.60. The molecule has 25 heavy (non-hydrogen) atoms. The van der Waals surface area contributed by atoms with Crippen LogP contribution in [0.2, 0.25) is 0 Å². The van der Waals surface area contributed by atoms with Crippen LogP contribution in [0.25, 0.3) is 11.0 Å². The molecule has 1 aromatic carbocycles. The van der Waals surface area contributed by atoms with Crippen LogP contribution < -0.4 is 5.63 Å². The van der Waals surface area contributed by atoms with Gasteiger partial charge in [0.2, 0.25) is 0 Å². The molecule has 0 aliphatic carbocycles. The number of carbonyl (C=O) groups is 1. The smallest absolute Gasteiger partial charge is 0.337 e. The van der Waals surface area contributed by atoms with Crippen LogP contribution >= 0.6 is 23.5 Å². The fraction of sp³-hybridized carbons (Fsp3) is 0.500. The highest BCUT2D eigenvalue weighted by molar-refractivity contribution is 7.99. The highest BCUT2D eigenvalue weighted by Crippen LogP contribution is 2.28. The molecule has 2 rings (SSSR count). The molecule has 0 atom stereocenters. The van der Waals surface area contributed by atoms with Gasteiger partial charge in [-0.15, -0.1) is 11.8 Å². The third kappa shape index (κ3) is 8.15. The molecule has 0 unspecified atom stereocenters. The molecular weight excluding hydrogens is 352 g/mol. The minimum absolute atomic E-state index is 0.249. The van der Waals surface area contributed by atoms with E-state index in [9.17, 15) is 9.59 Å². The van der Waals surface area contributed by atoms with Gasteiger partial charge in [0.1, 0.15) is 11.9 Å². The zero-order valence-corrected chi connectivity index (χ0v) is 17.0. The fourth-order valence-electron chi connectivity index (χ4n) is 2.22. The molecule has 0 spiro atoms. The summed E-state index contributed by atoms with van der Waals surface area (Å²) in [6.45, 7) is 3.92. The largest absolute Gasteiger partial charge is 0.423 e. The Labute approximate surface area is 159 Å². The van der Waals surface area contributed by atoms with E-state index in [2.05, 4.69) is 25.3 Å². The maximum atomic E-state index is 11.7. The Hall–Kier alpha value is -1.20. The maximum Gasteiger partial charge on any atom is 0.337 e. The molecule has 0 radical (unpaired) electrons. The monoisotopic (exact) mass is 380 g/mol. The van der Waals surface area contributed by atoms with E-state index in [4.69, 9.17) is 4.42 Å². The second-order valence-electron chi connectivity index (χ2n) is 5.59. The average Bonchev–Trinajstić information content (AvgIpc) is 2.63. The van der Waals surface area contributed by atoms with Crippen LogP contribution in [-0.2, 0) is 11.2 Å². The first-order valence-electron chi connectivity index (χ1n) is 8.78. The van der Waals surface area contributed by atoms with Gasteiger partial charge in [-0.3, -0.25) is 0 Å². The summed E-state index contributed by atoms with van der Waals surface area (Å²) in [4.78, 5) is 21.9. The molecule has 1 aromatic heterocycles. The van der Waals surface area contributed by atoms with Crippen LogP contribution in [-0.4, -0.2) is 24.0 Å². The van der Waals surface area contributed by atoms with E-state index in [1.54, 1.807) is 17.8 Å². The van der Waals surface area contributed by atoms with E-state index in [0.29, 0.717) is 12.0 Å². The van der Waals surface area contributed by atoms with Gasteiger partial charge in [-0.2, -0.15) is 11.8 Å². The van der Waals surface area contributed by atoms with Crippen molar-refractivity contribution >= 4 is 40.8 Å². The van der Waals surface area contributed by atoms with Crippen molar-refractivity contribution in [1.29, 1.82) is 0 Å². The third-order valence-corrected chi connectivity index (χ3v) is 5.43. The van der Waals surface area contributed by atoms with Crippen molar-refractivity contribution in [2.24, 2.45) is 0 Å². The van der Waals surface area contributed by atoms with Gasteiger partial charge in [0, 0.05) is 22.8 Å². The topological polar surface area (TPSA) is 47.3 Å². The normalized spacial score (nSPS) is 10.4. The highest BCUT2D eigenvalue weighted by atomic mass is 32.2. The Morgan fingerprint density at radius 1 is 1.08 bits per heavy atom. The van der Waals surface area contributed by atoms with Gasteiger partial charge < -0.3 is 9.21 Å². The minimum Gasteiger partial charge on any atom is -0.423 e. The summed E-state index contributed by atoms with van der Waals surface area (Å²) in [5.74, 6) is 2.30. The van der Waals surface area contributed by atoms with Crippen molar-refractivity contribution in [3.05, 3.63) is 40.2 Å². The summed E-state index contributed by atoms with van der Waals surface area (Å²) in [5, 5.41) is 1.06. The highest BCUT2D eigenvalue weighted by Gasteiger charge is 2.06. The molecule has 0 aliphatic heterocycles. The van der Waals surface area contributed by atoms with Gasteiger partial charge in [0.05, 0.1) is 0 Å². The molecule has 1 heterocycles. The Kier molecular flexibility index (Phi) is 11.4. The summed E-state index contributed by atoms with van der Waals surface area (Å²) < 4.78 is 5.33. The van der Waals surface area contributed by atoms with Crippen LogP contribution in [0.3, 0.4) is 0 Å². The Bertz CT molecular complexity index is 695. The Morgan fingerprint density at radius 2 is 1.80 bits per heavy atom. The molecule has 0 fully saturated rings. The second kappa shape index (κ2) is 13.1. The number of rotatable bonds is 9. The minimum atomic E-state index is -0.249. The van der Waals surface area contributed by atoms with Crippen molar-refractivity contribution in [2.75, 3.05) is 17.8 Å². The summed E-state index contributed by atoms with van der Waals surface area (Å²) in [6.07, 6.45) is 8.34. The number of hydrogen-bond donors (Lipinski definition) is 0. The van der Waals surface area contributed by atoms with E-state index >= 15 is 0 Å². The first-order chi connectivity index (χ1) is 12.2. The van der Waals surface area contributed by atoms with Crippen molar-refractivity contribution in [2.45, 2.75) is 50.8 Å². The number of fused-ring (bicyclic) bond motifs is 1. The summed E-state index contributed by atoms with van der Waals surface area (Å²) in [7, 11) is 0. The number of benzene rings is 1. The summed E-state index contributed by atoms with van der Waals surface area (Å²) >= 11 is 3.67. The average molecular weight is 381 g/mol. The molecule has 0 amide bonds. The van der Waals surface area contributed by atoms with Gasteiger partial charge >= 0.3 is 5.63 Å². The van der Waals surface area contributed by atoms with E-state index in [-0.39, 0.29) is 5.63 Å². The number of unbranched alkanes of at least 4 members (excludes halogenated alkanes) is 2. The number of hydrogen-bond acceptors (Lipinski definition) is 5. The number of carbonyl (C=O) groups excluding carboxylic acids is 1. The number of aldehydes is 1. The number of thioether (sulfide) groups is 2. The second-order valence-corrected chi connectivity index (χ2v) is 7.71. The van der Waals surface area contributed by atoms with E-state index in [0.717, 1.165) is 28.7 Å². The van der Waals surface area contributed by atoms with Gasteiger partial charge in [0.15, 0.2) is 0 Å². The summed E-state index contributed by atoms with van der Waals surface area (Å²) in [5.41, 5.74) is 1.66. The van der Waals surface area contributed by atoms with E-state index in [1.165, 1.54) is 30.6 Å². The first kappa shape index (κ1) is 21.8. The van der Waals surface area contributed by atoms with Crippen molar-refractivity contribution in [3.63, 3.8) is 0 Å². The van der Waals surface area contributed by atoms with Crippen molar-refractivity contribution in [3.8, 4) is 0 Å². The van der Waals surface area contributed by atoms with Crippen LogP contribution in [0.5, 0.6) is 0 Å². The maximum absolute atomic E-state index is 11.7. The van der Waals surface area contributed by atoms with Crippen LogP contribution in [0.1, 0.15) is 45.1 Å². The molecule has 0 saturated heterocycles. The van der Waals surface area contributed by atoms with E-state index in [1.807, 2.05) is 24.8 Å². The number of aryl methyl sites for hydroxylation is 1. The SMILES string of the molecule is CCC=O.CCc1ccc2c(SCCCCCSC)cc(=O)oc2c1. The Balaban J connectivity index is 0.000000705. The molecule has 0 saturated carbocycles. The van der Waals surface area contributed by atoms with Crippen LogP contribution in [0.15, 0.2) is 38.4 Å². The van der Waals surface area contributed by atoms with Crippen LogP contribution in [0.4, 0.5) is 0 Å². The van der Waals surface area contributed by atoms with Gasteiger partial charge in [-0.25, -0.2) is 4.79 Å². The zero-order valence-electron chi connectivity index (χ0n) is 15.4. The molecular formula is C20H28O3S2. The van der Waals surface area contributed by atoms with Gasteiger partial charge in [-0.05, 0) is 54.7 Å². The summed E-state index contributed by atoms with van der Waals surface area (Å²) in [6, 6.07) is 7.80. The van der Waals surface area contributed by atoms with Gasteiger partial charge in [0.25, 0.3) is 0 Å². The quantitative estimate of drug-likeness (QED) is 0.246.